The van der Waals surface area contributed by atoms with Gasteiger partial charge in [0.1, 0.15) is 0 Å². The summed E-state index contributed by atoms with van der Waals surface area (Å²) in [4.78, 5) is 2.38. The van der Waals surface area contributed by atoms with Crippen LogP contribution in [0.4, 0.5) is 0 Å². The molecule has 0 aromatic heterocycles. The topological polar surface area (TPSA) is 41.9 Å². The Hall–Kier alpha value is -0.160. The van der Waals surface area contributed by atoms with E-state index in [1.165, 1.54) is 0 Å². The van der Waals surface area contributed by atoms with Gasteiger partial charge in [-0.25, -0.2) is 0 Å². The second kappa shape index (κ2) is 5.00. The van der Waals surface area contributed by atoms with Crippen molar-refractivity contribution in [1.82, 2.24) is 4.90 Å². The molecule has 1 saturated carbocycles. The number of likely N-dealkylation sites (tertiary alicyclic amines) is 1. The molecule has 0 radical (unpaired) electrons. The summed E-state index contributed by atoms with van der Waals surface area (Å²) < 4.78 is 10.7. The van der Waals surface area contributed by atoms with E-state index in [1.54, 1.807) is 14.2 Å². The Bertz CT molecular complexity index is 214. The van der Waals surface area contributed by atoms with Crippen molar-refractivity contribution >= 4 is 0 Å². The van der Waals surface area contributed by atoms with Crippen LogP contribution >= 0.6 is 0 Å². The van der Waals surface area contributed by atoms with Crippen LogP contribution < -0.4 is 0 Å². The van der Waals surface area contributed by atoms with Crippen molar-refractivity contribution < 1.29 is 14.6 Å². The van der Waals surface area contributed by atoms with Gasteiger partial charge in [-0.2, -0.15) is 0 Å². The van der Waals surface area contributed by atoms with Crippen LogP contribution in [-0.4, -0.2) is 55.8 Å². The van der Waals surface area contributed by atoms with Gasteiger partial charge < -0.3 is 14.6 Å². The average Bonchev–Trinajstić information content (AvgIpc) is 2.26. The molecule has 16 heavy (non-hydrogen) atoms. The lowest BCUT2D eigenvalue weighted by molar-refractivity contribution is -0.277. The fourth-order valence-electron chi connectivity index (χ4n) is 2.80. The highest BCUT2D eigenvalue weighted by molar-refractivity contribution is 4.90. The van der Waals surface area contributed by atoms with Crippen molar-refractivity contribution in [3.05, 3.63) is 0 Å². The molecule has 1 aliphatic heterocycles. The van der Waals surface area contributed by atoms with Gasteiger partial charge in [0.15, 0.2) is 5.79 Å². The van der Waals surface area contributed by atoms with Crippen LogP contribution in [0.3, 0.4) is 0 Å². The summed E-state index contributed by atoms with van der Waals surface area (Å²) in [5.74, 6) is 0.392. The van der Waals surface area contributed by atoms with Gasteiger partial charge in [0.2, 0.25) is 0 Å². The van der Waals surface area contributed by atoms with Crippen molar-refractivity contribution in [2.45, 2.75) is 37.6 Å². The van der Waals surface area contributed by atoms with E-state index in [-0.39, 0.29) is 11.9 Å². The highest BCUT2D eigenvalue weighted by Crippen LogP contribution is 2.30. The highest BCUT2D eigenvalue weighted by atomic mass is 16.7. The van der Waals surface area contributed by atoms with Crippen molar-refractivity contribution in [3.8, 4) is 0 Å². The first-order chi connectivity index (χ1) is 7.67. The zero-order chi connectivity index (χ0) is 11.6. The Morgan fingerprint density at radius 2 is 1.69 bits per heavy atom. The lowest BCUT2D eigenvalue weighted by Gasteiger charge is -2.49. The smallest absolute Gasteiger partial charge is 0.193 e. The van der Waals surface area contributed by atoms with E-state index < -0.39 is 0 Å². The monoisotopic (exact) mass is 229 g/mol. The first kappa shape index (κ1) is 12.3. The summed E-state index contributed by atoms with van der Waals surface area (Å²) in [5, 5.41) is 9.44. The predicted octanol–water partition coefficient (Wildman–Crippen LogP) is 0.842. The number of hydrogen-bond donors (Lipinski definition) is 1. The van der Waals surface area contributed by atoms with Crippen molar-refractivity contribution in [1.29, 1.82) is 0 Å². The van der Waals surface area contributed by atoms with Crippen LogP contribution in [0, 0.1) is 5.92 Å². The SMILES string of the molecule is COC1(OC)CN(CC2CCC(O)CC2)C1. The molecule has 2 aliphatic rings. The molecule has 1 N–H and O–H groups in total. The van der Waals surface area contributed by atoms with Crippen LogP contribution in [0.2, 0.25) is 0 Å². The standard InChI is InChI=1S/C12H23NO3/c1-15-12(16-2)8-13(9-12)7-10-3-5-11(14)6-4-10/h10-11,14H,3-9H2,1-2H3. The van der Waals surface area contributed by atoms with Gasteiger partial charge in [0.05, 0.1) is 19.2 Å². The minimum atomic E-state index is -0.353. The number of aliphatic hydroxyl groups excluding tert-OH is 1. The first-order valence-corrected chi connectivity index (χ1v) is 6.18. The zero-order valence-electron chi connectivity index (χ0n) is 10.3. The first-order valence-electron chi connectivity index (χ1n) is 6.18. The highest BCUT2D eigenvalue weighted by Gasteiger charge is 2.44. The Kier molecular flexibility index (Phi) is 3.85. The third kappa shape index (κ3) is 2.56. The molecule has 94 valence electrons. The van der Waals surface area contributed by atoms with Gasteiger partial charge >= 0.3 is 0 Å². The molecule has 0 spiro atoms. The quantitative estimate of drug-likeness (QED) is 0.725. The van der Waals surface area contributed by atoms with E-state index in [4.69, 9.17) is 9.47 Å². The van der Waals surface area contributed by atoms with E-state index >= 15 is 0 Å². The summed E-state index contributed by atoms with van der Waals surface area (Å²) in [5.41, 5.74) is 0. The molecular weight excluding hydrogens is 206 g/mol. The summed E-state index contributed by atoms with van der Waals surface area (Å²) in [6.07, 6.45) is 4.20. The van der Waals surface area contributed by atoms with Crippen LogP contribution in [0.15, 0.2) is 0 Å². The molecule has 2 fully saturated rings. The van der Waals surface area contributed by atoms with Crippen LogP contribution in [0.25, 0.3) is 0 Å². The van der Waals surface area contributed by atoms with Crippen molar-refractivity contribution in [2.24, 2.45) is 5.92 Å². The van der Waals surface area contributed by atoms with Crippen LogP contribution in [0.5, 0.6) is 0 Å². The van der Waals surface area contributed by atoms with Gasteiger partial charge in [-0.15, -0.1) is 0 Å². The third-order valence-electron chi connectivity index (χ3n) is 4.01. The maximum atomic E-state index is 9.44. The average molecular weight is 229 g/mol. The summed E-state index contributed by atoms with van der Waals surface area (Å²) in [6.45, 7) is 2.87. The molecule has 0 aromatic carbocycles. The maximum absolute atomic E-state index is 9.44. The molecule has 1 aliphatic carbocycles. The van der Waals surface area contributed by atoms with E-state index in [1.807, 2.05) is 0 Å². The van der Waals surface area contributed by atoms with Gasteiger partial charge in [-0.1, -0.05) is 0 Å². The molecule has 0 unspecified atom stereocenters. The Morgan fingerprint density at radius 1 is 1.12 bits per heavy atom. The molecular formula is C12H23NO3. The van der Waals surface area contributed by atoms with E-state index in [0.29, 0.717) is 0 Å². The minimum absolute atomic E-state index is 0.0512. The lowest BCUT2D eigenvalue weighted by atomic mass is 9.86. The molecule has 0 atom stereocenters. The number of nitrogens with zero attached hydrogens (tertiary/aromatic N) is 1. The summed E-state index contributed by atoms with van der Waals surface area (Å²) >= 11 is 0. The maximum Gasteiger partial charge on any atom is 0.193 e. The molecule has 0 bridgehead atoms. The number of rotatable bonds is 4. The molecule has 1 saturated heterocycles. The van der Waals surface area contributed by atoms with E-state index in [2.05, 4.69) is 4.90 Å². The fraction of sp³-hybridized carbons (Fsp3) is 1.00. The van der Waals surface area contributed by atoms with Crippen molar-refractivity contribution in [3.63, 3.8) is 0 Å². The van der Waals surface area contributed by atoms with Crippen LogP contribution in [0.1, 0.15) is 25.7 Å². The van der Waals surface area contributed by atoms with Crippen molar-refractivity contribution in [2.75, 3.05) is 33.9 Å². The lowest BCUT2D eigenvalue weighted by Crippen LogP contribution is -2.64. The largest absolute Gasteiger partial charge is 0.393 e. The summed E-state index contributed by atoms with van der Waals surface area (Å²) in [6, 6.07) is 0. The minimum Gasteiger partial charge on any atom is -0.393 e. The number of methoxy groups -OCH3 is 2. The molecule has 4 heteroatoms. The van der Waals surface area contributed by atoms with Gasteiger partial charge in [-0.05, 0) is 31.6 Å². The number of hydrogen-bond acceptors (Lipinski definition) is 4. The van der Waals surface area contributed by atoms with Gasteiger partial charge in [0, 0.05) is 20.8 Å². The Morgan fingerprint density at radius 3 is 2.19 bits per heavy atom. The number of aliphatic hydroxyl groups is 1. The number of ether oxygens (including phenoxy) is 2. The Balaban J connectivity index is 1.69. The second-order valence-electron chi connectivity index (χ2n) is 5.16. The molecule has 0 aromatic rings. The zero-order valence-corrected chi connectivity index (χ0v) is 10.3. The predicted molar refractivity (Wildman–Crippen MR) is 61.2 cm³/mol. The molecule has 1 heterocycles. The second-order valence-corrected chi connectivity index (χ2v) is 5.16. The fourth-order valence-corrected chi connectivity index (χ4v) is 2.80. The normalized spacial score (nSPS) is 34.7. The van der Waals surface area contributed by atoms with Gasteiger partial charge in [-0.3, -0.25) is 4.90 Å². The Labute approximate surface area is 97.5 Å². The van der Waals surface area contributed by atoms with Crippen LogP contribution in [-0.2, 0) is 9.47 Å². The summed E-state index contributed by atoms with van der Waals surface area (Å²) in [7, 11) is 3.41. The molecule has 2 rings (SSSR count). The molecule has 4 nitrogen and oxygen atoms in total. The van der Waals surface area contributed by atoms with E-state index in [9.17, 15) is 5.11 Å². The third-order valence-corrected chi connectivity index (χ3v) is 4.01. The van der Waals surface area contributed by atoms with E-state index in [0.717, 1.165) is 51.2 Å². The molecule has 0 amide bonds. The van der Waals surface area contributed by atoms with Gasteiger partial charge in [0.25, 0.3) is 0 Å².